The first-order chi connectivity index (χ1) is 9.75. The minimum absolute atomic E-state index is 0.264. The van der Waals surface area contributed by atoms with Crippen molar-refractivity contribution in [2.24, 2.45) is 0 Å². The van der Waals surface area contributed by atoms with E-state index >= 15 is 0 Å². The summed E-state index contributed by atoms with van der Waals surface area (Å²) in [5.41, 5.74) is 0.626. The zero-order chi connectivity index (χ0) is 16.0. The molecule has 0 aliphatic heterocycles. The van der Waals surface area contributed by atoms with Crippen molar-refractivity contribution in [2.45, 2.75) is 18.3 Å². The van der Waals surface area contributed by atoms with E-state index in [9.17, 15) is 22.0 Å². The maximum Gasteiger partial charge on any atom is 0.337 e. The number of hydrogen-bond donors (Lipinski definition) is 2. The summed E-state index contributed by atoms with van der Waals surface area (Å²) in [5.74, 6) is -1.01. The molecular weight excluding hydrogens is 308 g/mol. The lowest BCUT2D eigenvalue weighted by Gasteiger charge is -2.11. The summed E-state index contributed by atoms with van der Waals surface area (Å²) in [6.45, 7) is -0.764. The van der Waals surface area contributed by atoms with Crippen LogP contribution in [-0.4, -0.2) is 45.7 Å². The van der Waals surface area contributed by atoms with Crippen LogP contribution in [0.3, 0.4) is 0 Å². The smallest absolute Gasteiger partial charge is 0.337 e. The number of carbonyl (C=O) groups is 1. The predicted octanol–water partition coefficient (Wildman–Crippen LogP) is 0.519. The summed E-state index contributed by atoms with van der Waals surface area (Å²) in [6, 6.07) is 5.61. The molecule has 1 unspecified atom stereocenters. The number of esters is 1. The highest BCUT2D eigenvalue weighted by Crippen LogP contribution is 2.09. The van der Waals surface area contributed by atoms with Gasteiger partial charge in [0.05, 0.1) is 18.4 Å². The van der Waals surface area contributed by atoms with Gasteiger partial charge in [-0.25, -0.2) is 26.7 Å². The number of alkyl halides is 2. The Morgan fingerprint density at radius 1 is 1.33 bits per heavy atom. The Hall–Kier alpha value is -1.58. The Labute approximate surface area is 120 Å². The molecule has 6 nitrogen and oxygen atoms in total. The number of rotatable bonds is 7. The summed E-state index contributed by atoms with van der Waals surface area (Å²) in [5, 5.41) is 8.85. The Morgan fingerprint density at radius 3 is 2.38 bits per heavy atom. The normalized spacial score (nSPS) is 13.2. The SMILES string of the molecule is COC(=O)c1ccc(CS(=O)(=O)NCC(O)C(F)F)cc1. The number of carbonyl (C=O) groups excluding carboxylic acids is 1. The van der Waals surface area contributed by atoms with Gasteiger partial charge in [-0.2, -0.15) is 0 Å². The molecule has 118 valence electrons. The number of halogens is 2. The summed E-state index contributed by atoms with van der Waals surface area (Å²) < 4.78 is 53.8. The van der Waals surface area contributed by atoms with Crippen LogP contribution in [0.5, 0.6) is 0 Å². The first-order valence-electron chi connectivity index (χ1n) is 5.86. The second-order valence-corrected chi connectivity index (χ2v) is 6.00. The van der Waals surface area contributed by atoms with E-state index in [0.29, 0.717) is 5.56 Å². The molecule has 0 spiro atoms. The van der Waals surface area contributed by atoms with E-state index < -0.39 is 40.8 Å². The largest absolute Gasteiger partial charge is 0.465 e. The van der Waals surface area contributed by atoms with Gasteiger partial charge in [-0.15, -0.1) is 0 Å². The molecule has 0 amide bonds. The number of aliphatic hydroxyl groups excluding tert-OH is 1. The van der Waals surface area contributed by atoms with Crippen LogP contribution in [0.1, 0.15) is 15.9 Å². The number of nitrogens with one attached hydrogen (secondary N) is 1. The van der Waals surface area contributed by atoms with Crippen LogP contribution in [0.25, 0.3) is 0 Å². The van der Waals surface area contributed by atoms with Crippen molar-refractivity contribution in [3.63, 3.8) is 0 Å². The van der Waals surface area contributed by atoms with Crippen LogP contribution in [0.15, 0.2) is 24.3 Å². The van der Waals surface area contributed by atoms with Gasteiger partial charge in [-0.05, 0) is 17.7 Å². The first kappa shape index (κ1) is 17.5. The lowest BCUT2D eigenvalue weighted by atomic mass is 10.1. The second kappa shape index (κ2) is 7.43. The third kappa shape index (κ3) is 5.74. The third-order valence-electron chi connectivity index (χ3n) is 2.53. The van der Waals surface area contributed by atoms with Gasteiger partial charge in [0, 0.05) is 6.54 Å². The van der Waals surface area contributed by atoms with Gasteiger partial charge < -0.3 is 9.84 Å². The average Bonchev–Trinajstić information content (AvgIpc) is 2.44. The molecule has 0 aliphatic rings. The fraction of sp³-hybridized carbons (Fsp3) is 0.417. The van der Waals surface area contributed by atoms with E-state index in [0.717, 1.165) is 0 Å². The maximum absolute atomic E-state index is 12.1. The van der Waals surface area contributed by atoms with Gasteiger partial charge in [-0.1, -0.05) is 12.1 Å². The van der Waals surface area contributed by atoms with E-state index in [-0.39, 0.29) is 5.56 Å². The van der Waals surface area contributed by atoms with Gasteiger partial charge in [0.25, 0.3) is 6.43 Å². The fourth-order valence-electron chi connectivity index (χ4n) is 1.43. The highest BCUT2D eigenvalue weighted by Gasteiger charge is 2.20. The molecule has 21 heavy (non-hydrogen) atoms. The van der Waals surface area contributed by atoms with Crippen LogP contribution in [0, 0.1) is 0 Å². The Bertz CT molecular complexity index is 574. The Morgan fingerprint density at radius 2 is 1.90 bits per heavy atom. The summed E-state index contributed by atoms with van der Waals surface area (Å²) in [7, 11) is -2.64. The van der Waals surface area contributed by atoms with Gasteiger partial charge in [0.2, 0.25) is 10.0 Å². The molecule has 0 fully saturated rings. The number of aliphatic hydroxyl groups is 1. The predicted molar refractivity (Wildman–Crippen MR) is 70.4 cm³/mol. The Kier molecular flexibility index (Phi) is 6.19. The molecule has 0 aliphatic carbocycles. The van der Waals surface area contributed by atoms with Crippen LogP contribution in [0.4, 0.5) is 8.78 Å². The minimum Gasteiger partial charge on any atom is -0.465 e. The molecular formula is C12H15F2NO5S. The molecule has 0 saturated heterocycles. The van der Waals surface area contributed by atoms with E-state index in [1.54, 1.807) is 0 Å². The first-order valence-corrected chi connectivity index (χ1v) is 7.51. The van der Waals surface area contributed by atoms with E-state index in [2.05, 4.69) is 4.74 Å². The molecule has 1 atom stereocenters. The monoisotopic (exact) mass is 323 g/mol. The third-order valence-corrected chi connectivity index (χ3v) is 3.85. The van der Waals surface area contributed by atoms with Gasteiger partial charge >= 0.3 is 5.97 Å². The van der Waals surface area contributed by atoms with Crippen molar-refractivity contribution in [3.05, 3.63) is 35.4 Å². The second-order valence-electron chi connectivity index (χ2n) is 4.20. The van der Waals surface area contributed by atoms with E-state index in [1.165, 1.54) is 31.4 Å². The molecule has 0 radical (unpaired) electrons. The van der Waals surface area contributed by atoms with E-state index in [4.69, 9.17) is 5.11 Å². The van der Waals surface area contributed by atoms with Gasteiger partial charge in [0.1, 0.15) is 6.10 Å². The van der Waals surface area contributed by atoms with Crippen molar-refractivity contribution in [3.8, 4) is 0 Å². The fourth-order valence-corrected chi connectivity index (χ4v) is 2.58. The molecule has 0 aromatic heterocycles. The number of hydrogen-bond acceptors (Lipinski definition) is 5. The van der Waals surface area contributed by atoms with Crippen LogP contribution in [0.2, 0.25) is 0 Å². The summed E-state index contributed by atoms with van der Waals surface area (Å²) in [4.78, 5) is 11.2. The van der Waals surface area contributed by atoms with Crippen molar-refractivity contribution in [1.29, 1.82) is 0 Å². The molecule has 1 aromatic carbocycles. The molecule has 0 heterocycles. The van der Waals surface area contributed by atoms with Crippen molar-refractivity contribution < 1.29 is 31.8 Å². The minimum atomic E-state index is -3.86. The Balaban J connectivity index is 2.65. The van der Waals surface area contributed by atoms with Gasteiger partial charge in [-0.3, -0.25) is 0 Å². The standard InChI is InChI=1S/C12H15F2NO5S/c1-20-12(17)9-4-2-8(3-5-9)7-21(18,19)15-6-10(16)11(13)14/h2-5,10-11,15-16H,6-7H2,1H3. The number of methoxy groups -OCH3 is 1. The summed E-state index contributed by atoms with van der Waals surface area (Å²) in [6.07, 6.45) is -5.08. The highest BCUT2D eigenvalue weighted by atomic mass is 32.2. The zero-order valence-electron chi connectivity index (χ0n) is 11.1. The molecule has 1 rings (SSSR count). The van der Waals surface area contributed by atoms with Crippen LogP contribution in [-0.2, 0) is 20.5 Å². The topological polar surface area (TPSA) is 92.7 Å². The number of benzene rings is 1. The van der Waals surface area contributed by atoms with Gasteiger partial charge in [0.15, 0.2) is 0 Å². The van der Waals surface area contributed by atoms with Crippen LogP contribution >= 0.6 is 0 Å². The van der Waals surface area contributed by atoms with E-state index in [1.807, 2.05) is 4.72 Å². The number of sulfonamides is 1. The molecule has 9 heteroatoms. The lowest BCUT2D eigenvalue weighted by molar-refractivity contribution is -0.000455. The maximum atomic E-state index is 12.1. The molecule has 0 saturated carbocycles. The average molecular weight is 323 g/mol. The summed E-state index contributed by atoms with van der Waals surface area (Å²) >= 11 is 0. The number of ether oxygens (including phenoxy) is 1. The highest BCUT2D eigenvalue weighted by molar-refractivity contribution is 7.88. The quantitative estimate of drug-likeness (QED) is 0.714. The zero-order valence-corrected chi connectivity index (χ0v) is 11.9. The molecule has 1 aromatic rings. The molecule has 0 bridgehead atoms. The van der Waals surface area contributed by atoms with Crippen molar-refractivity contribution in [2.75, 3.05) is 13.7 Å². The van der Waals surface area contributed by atoms with Crippen molar-refractivity contribution >= 4 is 16.0 Å². The molecule has 2 N–H and O–H groups in total. The van der Waals surface area contributed by atoms with Crippen LogP contribution < -0.4 is 4.72 Å². The lowest BCUT2D eigenvalue weighted by Crippen LogP contribution is -2.36. The van der Waals surface area contributed by atoms with Crippen molar-refractivity contribution in [1.82, 2.24) is 4.72 Å².